The zero-order valence-electron chi connectivity index (χ0n) is 19.9. The molecule has 3 fully saturated rings. The van der Waals surface area contributed by atoms with Gasteiger partial charge in [-0.3, -0.25) is 19.2 Å². The number of carbonyl (C=O) groups is 3. The molecule has 0 bridgehead atoms. The van der Waals surface area contributed by atoms with Gasteiger partial charge in [-0.25, -0.2) is 0 Å². The van der Waals surface area contributed by atoms with Crippen molar-refractivity contribution in [3.05, 3.63) is 33.7 Å². The van der Waals surface area contributed by atoms with Gasteiger partial charge in [0.15, 0.2) is 0 Å². The van der Waals surface area contributed by atoms with E-state index in [-0.39, 0.29) is 47.8 Å². The van der Waals surface area contributed by atoms with Crippen LogP contribution in [0, 0.1) is 5.92 Å². The second kappa shape index (κ2) is 9.67. The summed E-state index contributed by atoms with van der Waals surface area (Å²) in [5, 5.41) is 0. The third-order valence-electron chi connectivity index (χ3n) is 7.61. The Bertz CT molecular complexity index is 976. The first-order valence-corrected chi connectivity index (χ1v) is 12.1. The van der Waals surface area contributed by atoms with Crippen molar-refractivity contribution in [3.8, 4) is 0 Å². The molecule has 3 atom stereocenters. The predicted molar refractivity (Wildman–Crippen MR) is 124 cm³/mol. The van der Waals surface area contributed by atoms with E-state index in [9.17, 15) is 19.2 Å². The molecule has 3 aliphatic heterocycles. The normalized spacial score (nSPS) is 26.7. The van der Waals surface area contributed by atoms with E-state index in [1.54, 1.807) is 6.07 Å². The summed E-state index contributed by atoms with van der Waals surface area (Å²) in [6.07, 6.45) is 3.26. The maximum absolute atomic E-state index is 13.2. The van der Waals surface area contributed by atoms with Gasteiger partial charge in [0, 0.05) is 55.6 Å². The number of aromatic nitrogens is 1. The number of piperazine rings is 1. The van der Waals surface area contributed by atoms with Crippen LogP contribution in [0.15, 0.2) is 16.9 Å². The van der Waals surface area contributed by atoms with Gasteiger partial charge in [-0.1, -0.05) is 6.92 Å². The maximum Gasteiger partial charge on any atom is 0.254 e. The molecule has 3 amide bonds. The van der Waals surface area contributed by atoms with Crippen molar-refractivity contribution in [1.29, 1.82) is 0 Å². The molecule has 4 heterocycles. The number of H-pyrrole nitrogens is 1. The van der Waals surface area contributed by atoms with Crippen molar-refractivity contribution >= 4 is 17.7 Å². The molecule has 0 aromatic carbocycles. The van der Waals surface area contributed by atoms with Gasteiger partial charge in [0.1, 0.15) is 6.54 Å². The Morgan fingerprint density at radius 2 is 1.85 bits per heavy atom. The Morgan fingerprint density at radius 3 is 2.52 bits per heavy atom. The minimum atomic E-state index is -0.308. The molecular formula is C24H35N5O4. The highest BCUT2D eigenvalue weighted by Crippen LogP contribution is 2.27. The molecule has 1 aromatic heterocycles. The van der Waals surface area contributed by atoms with Crippen LogP contribution in [-0.2, 0) is 16.0 Å². The molecule has 0 aliphatic carbocycles. The van der Waals surface area contributed by atoms with Crippen LogP contribution < -0.4 is 5.56 Å². The van der Waals surface area contributed by atoms with Gasteiger partial charge in [-0.2, -0.15) is 0 Å². The molecule has 1 N–H and O–H groups in total. The van der Waals surface area contributed by atoms with Crippen LogP contribution >= 0.6 is 0 Å². The van der Waals surface area contributed by atoms with Crippen LogP contribution in [0.4, 0.5) is 0 Å². The zero-order chi connectivity index (χ0) is 23.7. The highest BCUT2D eigenvalue weighted by molar-refractivity contribution is 5.97. The quantitative estimate of drug-likeness (QED) is 0.712. The van der Waals surface area contributed by atoms with Crippen molar-refractivity contribution in [2.75, 3.05) is 46.3 Å². The van der Waals surface area contributed by atoms with E-state index >= 15 is 0 Å². The second-order valence-corrected chi connectivity index (χ2v) is 9.62. The van der Waals surface area contributed by atoms with Crippen molar-refractivity contribution in [2.45, 2.75) is 51.6 Å². The summed E-state index contributed by atoms with van der Waals surface area (Å²) in [6.45, 7) is 7.15. The first-order chi connectivity index (χ1) is 15.8. The largest absolute Gasteiger partial charge is 0.340 e. The van der Waals surface area contributed by atoms with Crippen LogP contribution in [0.1, 0.15) is 49.2 Å². The minimum Gasteiger partial charge on any atom is -0.340 e. The standard InChI is InChI=1S/C24H35N5O4/c1-4-18-12-17(13-21(30)25-18)23(32)28-10-11-29(22(31)15-28)19-6-5-8-27(14-19)24(33)20-7-9-26(3)16(20)2/h12-13,16,19-20H,4-11,14-15H2,1-3H3,(H,25,30)/t16-,19?,20-/m1/s1. The Hall–Kier alpha value is -2.68. The molecule has 0 saturated carbocycles. The molecule has 0 radical (unpaired) electrons. The average Bonchev–Trinajstić information content (AvgIpc) is 3.15. The number of nitrogens with one attached hydrogen (secondary N) is 1. The Labute approximate surface area is 194 Å². The number of hydrogen-bond donors (Lipinski definition) is 1. The number of likely N-dealkylation sites (tertiary alicyclic amines) is 2. The van der Waals surface area contributed by atoms with Gasteiger partial charge in [-0.05, 0) is 52.3 Å². The summed E-state index contributed by atoms with van der Waals surface area (Å²) >= 11 is 0. The second-order valence-electron chi connectivity index (χ2n) is 9.62. The fraction of sp³-hybridized carbons (Fsp3) is 0.667. The van der Waals surface area contributed by atoms with Crippen molar-refractivity contribution in [2.24, 2.45) is 5.92 Å². The molecule has 9 heteroatoms. The Kier molecular flexibility index (Phi) is 6.88. The summed E-state index contributed by atoms with van der Waals surface area (Å²) in [7, 11) is 2.06. The monoisotopic (exact) mass is 457 g/mol. The molecule has 3 aliphatic rings. The summed E-state index contributed by atoms with van der Waals surface area (Å²) < 4.78 is 0. The van der Waals surface area contributed by atoms with Crippen LogP contribution in [0.25, 0.3) is 0 Å². The first-order valence-electron chi connectivity index (χ1n) is 12.1. The number of hydrogen-bond acceptors (Lipinski definition) is 5. The van der Waals surface area contributed by atoms with Crippen LogP contribution in [0.2, 0.25) is 0 Å². The van der Waals surface area contributed by atoms with E-state index in [4.69, 9.17) is 0 Å². The van der Waals surface area contributed by atoms with E-state index in [0.29, 0.717) is 37.3 Å². The van der Waals surface area contributed by atoms with Gasteiger partial charge >= 0.3 is 0 Å². The number of piperidine rings is 1. The summed E-state index contributed by atoms with van der Waals surface area (Å²) in [6, 6.07) is 3.22. The van der Waals surface area contributed by atoms with Crippen LogP contribution in [0.5, 0.6) is 0 Å². The fourth-order valence-electron chi connectivity index (χ4n) is 5.41. The molecule has 1 aromatic rings. The lowest BCUT2D eigenvalue weighted by Crippen LogP contribution is -2.59. The summed E-state index contributed by atoms with van der Waals surface area (Å²) in [5.74, 6) is -0.146. The first kappa shape index (κ1) is 23.5. The molecule has 4 rings (SSSR count). The van der Waals surface area contributed by atoms with E-state index in [0.717, 1.165) is 32.4 Å². The van der Waals surface area contributed by atoms with Crippen molar-refractivity contribution < 1.29 is 14.4 Å². The topological polar surface area (TPSA) is 97.0 Å². The highest BCUT2D eigenvalue weighted by atomic mass is 16.2. The molecule has 1 unspecified atom stereocenters. The smallest absolute Gasteiger partial charge is 0.254 e. The lowest BCUT2D eigenvalue weighted by molar-refractivity contribution is -0.144. The zero-order valence-corrected chi connectivity index (χ0v) is 19.9. The van der Waals surface area contributed by atoms with Gasteiger partial charge in [-0.15, -0.1) is 0 Å². The third kappa shape index (κ3) is 4.83. The van der Waals surface area contributed by atoms with Crippen molar-refractivity contribution in [1.82, 2.24) is 24.6 Å². The van der Waals surface area contributed by atoms with E-state index in [1.807, 2.05) is 16.7 Å². The number of amides is 3. The number of nitrogens with zero attached hydrogens (tertiary/aromatic N) is 4. The van der Waals surface area contributed by atoms with E-state index in [1.165, 1.54) is 11.0 Å². The minimum absolute atomic E-state index is 0.00198. The van der Waals surface area contributed by atoms with Crippen molar-refractivity contribution in [3.63, 3.8) is 0 Å². The van der Waals surface area contributed by atoms with Gasteiger partial charge in [0.05, 0.1) is 5.92 Å². The molecule has 33 heavy (non-hydrogen) atoms. The number of rotatable bonds is 4. The summed E-state index contributed by atoms with van der Waals surface area (Å²) in [5.41, 5.74) is 0.713. The molecule has 180 valence electrons. The average molecular weight is 458 g/mol. The number of pyridine rings is 1. The number of aryl methyl sites for hydroxylation is 1. The number of aromatic amines is 1. The van der Waals surface area contributed by atoms with Gasteiger partial charge < -0.3 is 24.6 Å². The maximum atomic E-state index is 13.2. The summed E-state index contributed by atoms with van der Waals surface area (Å²) in [4.78, 5) is 61.2. The van der Waals surface area contributed by atoms with Gasteiger partial charge in [0.25, 0.3) is 5.91 Å². The Balaban J connectivity index is 1.38. The van der Waals surface area contributed by atoms with E-state index < -0.39 is 0 Å². The fourth-order valence-corrected chi connectivity index (χ4v) is 5.41. The molecule has 9 nitrogen and oxygen atoms in total. The molecule has 3 saturated heterocycles. The Morgan fingerprint density at radius 1 is 1.06 bits per heavy atom. The SMILES string of the molecule is CCc1cc(C(=O)N2CCN(C3CCCN(C(=O)[C@@H]4CCN(C)[C@@H]4C)C3)C(=O)C2)cc(=O)[nH]1. The predicted octanol–water partition coefficient (Wildman–Crippen LogP) is 0.553. The van der Waals surface area contributed by atoms with Gasteiger partial charge in [0.2, 0.25) is 17.4 Å². The van der Waals surface area contributed by atoms with E-state index in [2.05, 4.69) is 23.9 Å². The van der Waals surface area contributed by atoms with Crippen LogP contribution in [-0.4, -0.2) is 101 Å². The lowest BCUT2D eigenvalue weighted by atomic mass is 9.96. The van der Waals surface area contributed by atoms with Crippen LogP contribution in [0.3, 0.4) is 0 Å². The molecule has 0 spiro atoms. The molecular weight excluding hydrogens is 422 g/mol. The highest BCUT2D eigenvalue weighted by Gasteiger charge is 2.39. The number of carbonyl (C=O) groups excluding carboxylic acids is 3. The third-order valence-corrected chi connectivity index (χ3v) is 7.61. The lowest BCUT2D eigenvalue weighted by Gasteiger charge is -2.43.